The molecule has 0 aromatic carbocycles. The van der Waals surface area contributed by atoms with E-state index in [2.05, 4.69) is 39.5 Å². The van der Waals surface area contributed by atoms with Crippen LogP contribution < -0.4 is 0 Å². The van der Waals surface area contributed by atoms with E-state index in [-0.39, 0.29) is 11.1 Å². The first-order chi connectivity index (χ1) is 5.82. The number of likely N-dealkylation sites (tertiary alicyclic amines) is 1. The summed E-state index contributed by atoms with van der Waals surface area (Å²) in [5, 5.41) is 0. The summed E-state index contributed by atoms with van der Waals surface area (Å²) in [6.45, 7) is 11.6. The van der Waals surface area contributed by atoms with E-state index in [1.807, 2.05) is 0 Å². The van der Waals surface area contributed by atoms with Crippen molar-refractivity contribution in [2.75, 3.05) is 6.54 Å². The second-order valence-corrected chi connectivity index (χ2v) is 5.12. The summed E-state index contributed by atoms with van der Waals surface area (Å²) in [4.78, 5) is 14.1. The molecule has 0 amide bonds. The number of ketones is 1. The van der Waals surface area contributed by atoms with Gasteiger partial charge in [-0.05, 0) is 34.1 Å². The van der Waals surface area contributed by atoms with Gasteiger partial charge in [0, 0.05) is 18.5 Å². The standard InChI is InChI=1S/C11H21NO/c1-6-11(5)9(13)7-8-12(11)10(2,3)4/h6-8H2,1-5H3. The molecule has 1 fully saturated rings. The fraction of sp³-hybridized carbons (Fsp3) is 0.909. The van der Waals surface area contributed by atoms with E-state index >= 15 is 0 Å². The van der Waals surface area contributed by atoms with E-state index in [0.29, 0.717) is 5.78 Å². The second kappa shape index (κ2) is 3.09. The monoisotopic (exact) mass is 183 g/mol. The van der Waals surface area contributed by atoms with Crippen LogP contribution in [0.3, 0.4) is 0 Å². The molecule has 1 heterocycles. The lowest BCUT2D eigenvalue weighted by atomic mass is 9.90. The molecule has 0 radical (unpaired) electrons. The molecule has 1 saturated heterocycles. The lowest BCUT2D eigenvalue weighted by molar-refractivity contribution is -0.126. The van der Waals surface area contributed by atoms with Crippen LogP contribution >= 0.6 is 0 Å². The molecule has 0 aliphatic carbocycles. The number of hydrogen-bond donors (Lipinski definition) is 0. The maximum Gasteiger partial charge on any atom is 0.154 e. The van der Waals surface area contributed by atoms with Crippen LogP contribution in [0.1, 0.15) is 47.5 Å². The zero-order chi connectivity index (χ0) is 10.3. The van der Waals surface area contributed by atoms with Crippen molar-refractivity contribution in [2.45, 2.75) is 58.5 Å². The second-order valence-electron chi connectivity index (χ2n) is 5.12. The average molecular weight is 183 g/mol. The Morgan fingerprint density at radius 1 is 1.46 bits per heavy atom. The van der Waals surface area contributed by atoms with Crippen molar-refractivity contribution in [3.63, 3.8) is 0 Å². The number of hydrogen-bond acceptors (Lipinski definition) is 2. The van der Waals surface area contributed by atoms with E-state index in [0.717, 1.165) is 19.4 Å². The molecule has 0 aromatic heterocycles. The highest BCUT2D eigenvalue weighted by Gasteiger charge is 2.46. The average Bonchev–Trinajstić information content (AvgIpc) is 2.28. The number of rotatable bonds is 1. The third kappa shape index (κ3) is 1.64. The van der Waals surface area contributed by atoms with Gasteiger partial charge >= 0.3 is 0 Å². The van der Waals surface area contributed by atoms with Crippen molar-refractivity contribution in [1.82, 2.24) is 4.90 Å². The highest BCUT2D eigenvalue weighted by molar-refractivity contribution is 5.90. The Morgan fingerprint density at radius 2 is 2.00 bits per heavy atom. The van der Waals surface area contributed by atoms with Gasteiger partial charge in [-0.1, -0.05) is 6.92 Å². The Bertz CT molecular complexity index is 217. The molecular formula is C11H21NO. The van der Waals surface area contributed by atoms with Gasteiger partial charge in [0.05, 0.1) is 5.54 Å². The maximum atomic E-state index is 11.7. The van der Waals surface area contributed by atoms with Crippen LogP contribution in [0.4, 0.5) is 0 Å². The Balaban J connectivity index is 2.95. The Morgan fingerprint density at radius 3 is 2.31 bits per heavy atom. The summed E-state index contributed by atoms with van der Waals surface area (Å²) in [6, 6.07) is 0. The minimum Gasteiger partial charge on any atom is -0.298 e. The third-order valence-corrected chi connectivity index (χ3v) is 3.26. The van der Waals surface area contributed by atoms with Crippen molar-refractivity contribution < 1.29 is 4.79 Å². The predicted molar refractivity (Wildman–Crippen MR) is 54.8 cm³/mol. The highest BCUT2D eigenvalue weighted by atomic mass is 16.1. The molecular weight excluding hydrogens is 162 g/mol. The Kier molecular flexibility index (Phi) is 2.54. The SMILES string of the molecule is CCC1(C)C(=O)CCN1C(C)(C)C. The van der Waals surface area contributed by atoms with Gasteiger partial charge in [0.25, 0.3) is 0 Å². The molecule has 13 heavy (non-hydrogen) atoms. The zero-order valence-electron chi connectivity index (χ0n) is 9.48. The van der Waals surface area contributed by atoms with E-state index in [1.54, 1.807) is 0 Å². The van der Waals surface area contributed by atoms with Gasteiger partial charge in [-0.3, -0.25) is 9.69 Å². The van der Waals surface area contributed by atoms with Gasteiger partial charge in [-0.25, -0.2) is 0 Å². The highest BCUT2D eigenvalue weighted by Crippen LogP contribution is 2.34. The molecule has 1 rings (SSSR count). The first kappa shape index (κ1) is 10.7. The van der Waals surface area contributed by atoms with Crippen LogP contribution in [-0.4, -0.2) is 28.3 Å². The van der Waals surface area contributed by atoms with Gasteiger partial charge in [-0.2, -0.15) is 0 Å². The van der Waals surface area contributed by atoms with Gasteiger partial charge in [0.2, 0.25) is 0 Å². The zero-order valence-corrected chi connectivity index (χ0v) is 9.48. The number of Topliss-reactive ketones (excluding diaryl/α,β-unsaturated/α-hetero) is 1. The largest absolute Gasteiger partial charge is 0.298 e. The molecule has 76 valence electrons. The molecule has 2 heteroatoms. The van der Waals surface area contributed by atoms with Gasteiger partial charge in [0.15, 0.2) is 5.78 Å². The summed E-state index contributed by atoms with van der Waals surface area (Å²) >= 11 is 0. The molecule has 0 spiro atoms. The Hall–Kier alpha value is -0.370. The van der Waals surface area contributed by atoms with E-state index in [9.17, 15) is 4.79 Å². The molecule has 1 unspecified atom stereocenters. The molecule has 0 N–H and O–H groups in total. The smallest absolute Gasteiger partial charge is 0.154 e. The van der Waals surface area contributed by atoms with Crippen molar-refractivity contribution in [2.24, 2.45) is 0 Å². The van der Waals surface area contributed by atoms with E-state index < -0.39 is 0 Å². The molecule has 1 aliphatic heterocycles. The topological polar surface area (TPSA) is 20.3 Å². The minimum absolute atomic E-state index is 0.108. The maximum absolute atomic E-state index is 11.7. The molecule has 0 bridgehead atoms. The van der Waals surface area contributed by atoms with Crippen LogP contribution in [-0.2, 0) is 4.79 Å². The van der Waals surface area contributed by atoms with Gasteiger partial charge in [-0.15, -0.1) is 0 Å². The van der Waals surface area contributed by atoms with Crippen LogP contribution in [0.2, 0.25) is 0 Å². The van der Waals surface area contributed by atoms with Crippen molar-refractivity contribution >= 4 is 5.78 Å². The number of carbonyl (C=O) groups excluding carboxylic acids is 1. The van der Waals surface area contributed by atoms with Crippen LogP contribution in [0, 0.1) is 0 Å². The quantitative estimate of drug-likeness (QED) is 0.621. The minimum atomic E-state index is -0.210. The van der Waals surface area contributed by atoms with Crippen LogP contribution in [0.15, 0.2) is 0 Å². The van der Waals surface area contributed by atoms with E-state index in [1.165, 1.54) is 0 Å². The number of nitrogens with zero attached hydrogens (tertiary/aromatic N) is 1. The fourth-order valence-electron chi connectivity index (χ4n) is 2.34. The molecule has 0 aromatic rings. The first-order valence-electron chi connectivity index (χ1n) is 5.13. The molecule has 1 aliphatic rings. The first-order valence-corrected chi connectivity index (χ1v) is 5.13. The molecule has 0 saturated carbocycles. The fourth-order valence-corrected chi connectivity index (χ4v) is 2.34. The Labute approximate surface area is 81.3 Å². The normalized spacial score (nSPS) is 31.3. The van der Waals surface area contributed by atoms with Gasteiger partial charge in [0.1, 0.15) is 0 Å². The summed E-state index contributed by atoms with van der Waals surface area (Å²) in [5.41, 5.74) is -0.102. The lowest BCUT2D eigenvalue weighted by Crippen LogP contribution is -2.54. The summed E-state index contributed by atoms with van der Waals surface area (Å²) in [6.07, 6.45) is 1.64. The summed E-state index contributed by atoms with van der Waals surface area (Å²) < 4.78 is 0. The predicted octanol–water partition coefficient (Wildman–Crippen LogP) is 2.23. The van der Waals surface area contributed by atoms with Crippen molar-refractivity contribution in [3.8, 4) is 0 Å². The third-order valence-electron chi connectivity index (χ3n) is 3.26. The van der Waals surface area contributed by atoms with Crippen molar-refractivity contribution in [1.29, 1.82) is 0 Å². The summed E-state index contributed by atoms with van der Waals surface area (Å²) in [5.74, 6) is 0.407. The molecule has 2 nitrogen and oxygen atoms in total. The lowest BCUT2D eigenvalue weighted by Gasteiger charge is -2.42. The molecule has 1 atom stereocenters. The van der Waals surface area contributed by atoms with Crippen LogP contribution in [0.25, 0.3) is 0 Å². The number of carbonyl (C=O) groups is 1. The van der Waals surface area contributed by atoms with Crippen LogP contribution in [0.5, 0.6) is 0 Å². The summed E-state index contributed by atoms with van der Waals surface area (Å²) in [7, 11) is 0. The van der Waals surface area contributed by atoms with Gasteiger partial charge < -0.3 is 0 Å². The van der Waals surface area contributed by atoms with E-state index in [4.69, 9.17) is 0 Å². The van der Waals surface area contributed by atoms with Crippen molar-refractivity contribution in [3.05, 3.63) is 0 Å².